The van der Waals surface area contributed by atoms with Crippen molar-refractivity contribution in [1.82, 2.24) is 9.97 Å². The van der Waals surface area contributed by atoms with Gasteiger partial charge in [-0.15, -0.1) is 0 Å². The number of anilines is 2. The first-order valence-electron chi connectivity index (χ1n) is 13.0. The molecule has 4 aromatic rings. The van der Waals surface area contributed by atoms with Crippen LogP contribution in [0, 0.1) is 11.8 Å². The van der Waals surface area contributed by atoms with Gasteiger partial charge in [0.1, 0.15) is 0 Å². The highest BCUT2D eigenvalue weighted by atomic mass is 32.2. The van der Waals surface area contributed by atoms with Crippen molar-refractivity contribution in [3.05, 3.63) is 101 Å². The van der Waals surface area contributed by atoms with E-state index in [1.165, 1.54) is 49.5 Å². The second-order valence-corrected chi connectivity index (χ2v) is 11.8. The van der Waals surface area contributed by atoms with Gasteiger partial charge in [0.2, 0.25) is 17.7 Å². The number of hydrogen-bond donors (Lipinski definition) is 1. The number of methoxy groups -OCH3 is 2. The molecule has 0 radical (unpaired) electrons. The third-order valence-corrected chi connectivity index (χ3v) is 9.54. The smallest absolute Gasteiger partial charge is 0.321 e. The van der Waals surface area contributed by atoms with Crippen molar-refractivity contribution in [3.63, 3.8) is 0 Å². The molecule has 1 N–H and O–H groups in total. The van der Waals surface area contributed by atoms with Crippen LogP contribution in [0.5, 0.6) is 11.9 Å². The Bertz CT molecular complexity index is 1700. The molecule has 2 bridgehead atoms. The second-order valence-electron chi connectivity index (χ2n) is 10.2. The van der Waals surface area contributed by atoms with Crippen molar-refractivity contribution in [2.24, 2.45) is 11.8 Å². The van der Waals surface area contributed by atoms with Gasteiger partial charge in [0.05, 0.1) is 36.6 Å². The number of sulfonamides is 1. The van der Waals surface area contributed by atoms with Crippen LogP contribution in [0.25, 0.3) is 0 Å². The summed E-state index contributed by atoms with van der Waals surface area (Å²) in [6.45, 7) is 0. The monoisotopic (exact) mass is 568 g/mol. The van der Waals surface area contributed by atoms with Crippen LogP contribution in [0.2, 0.25) is 0 Å². The summed E-state index contributed by atoms with van der Waals surface area (Å²) in [6.07, 6.45) is 0. The third kappa shape index (κ3) is 3.72. The molecule has 3 aromatic carbocycles. The topological polar surface area (TPSA) is 128 Å². The van der Waals surface area contributed by atoms with E-state index >= 15 is 0 Å². The van der Waals surface area contributed by atoms with Crippen molar-refractivity contribution in [3.8, 4) is 11.9 Å². The summed E-state index contributed by atoms with van der Waals surface area (Å²) >= 11 is 0. The summed E-state index contributed by atoms with van der Waals surface area (Å²) in [4.78, 5) is 37.0. The first-order chi connectivity index (χ1) is 19.8. The number of carbonyl (C=O) groups excluding carboxylic acids is 2. The Balaban J connectivity index is 1.21. The summed E-state index contributed by atoms with van der Waals surface area (Å²) in [6, 6.07) is 23.0. The largest absolute Gasteiger partial charge is 0.481 e. The molecule has 1 saturated heterocycles. The number of hydrogen-bond acceptors (Lipinski definition) is 8. The molecule has 0 unspecified atom stereocenters. The number of nitrogens with zero attached hydrogens (tertiary/aromatic N) is 3. The molecule has 2 amide bonds. The van der Waals surface area contributed by atoms with E-state index in [1.54, 1.807) is 0 Å². The quantitative estimate of drug-likeness (QED) is 0.349. The lowest BCUT2D eigenvalue weighted by molar-refractivity contribution is -0.122. The number of rotatable bonds is 6. The highest BCUT2D eigenvalue weighted by Gasteiger charge is 2.61. The molecule has 41 heavy (non-hydrogen) atoms. The lowest BCUT2D eigenvalue weighted by Crippen LogP contribution is -2.41. The van der Waals surface area contributed by atoms with Crippen molar-refractivity contribution in [1.29, 1.82) is 0 Å². The highest BCUT2D eigenvalue weighted by molar-refractivity contribution is 7.92. The average Bonchev–Trinajstić information content (AvgIpc) is 3.26. The Kier molecular flexibility index (Phi) is 5.62. The van der Waals surface area contributed by atoms with Gasteiger partial charge in [-0.2, -0.15) is 9.97 Å². The van der Waals surface area contributed by atoms with Crippen LogP contribution in [-0.4, -0.2) is 44.4 Å². The van der Waals surface area contributed by atoms with E-state index in [4.69, 9.17) is 9.47 Å². The number of amides is 2. The molecular formula is C30H24N4O6S. The summed E-state index contributed by atoms with van der Waals surface area (Å²) < 4.78 is 38.7. The van der Waals surface area contributed by atoms with Crippen molar-refractivity contribution < 1.29 is 27.5 Å². The predicted molar refractivity (Wildman–Crippen MR) is 148 cm³/mol. The molecule has 3 aliphatic carbocycles. The fourth-order valence-corrected chi connectivity index (χ4v) is 7.55. The Morgan fingerprint density at radius 1 is 0.732 bits per heavy atom. The zero-order chi connectivity index (χ0) is 28.5. The normalized spacial score (nSPS) is 22.1. The van der Waals surface area contributed by atoms with Crippen LogP contribution in [0.3, 0.4) is 0 Å². The maximum atomic E-state index is 13.9. The summed E-state index contributed by atoms with van der Waals surface area (Å²) in [7, 11) is -1.33. The maximum Gasteiger partial charge on any atom is 0.321 e. The van der Waals surface area contributed by atoms with Crippen LogP contribution >= 0.6 is 0 Å². The van der Waals surface area contributed by atoms with E-state index in [-0.39, 0.29) is 46.3 Å². The lowest BCUT2D eigenvalue weighted by atomic mass is 9.55. The zero-order valence-corrected chi connectivity index (χ0v) is 22.8. The SMILES string of the molecule is COc1cc(NS(=O)(=O)c2ccc(N3C(=O)[C@@H]4C5c6ccccc6C(c6ccccc65)[C@@H]4C3=O)cc2)nc(OC)n1. The number of aromatic nitrogens is 2. The Morgan fingerprint density at radius 2 is 1.24 bits per heavy atom. The van der Waals surface area contributed by atoms with Crippen LogP contribution in [0.15, 0.2) is 83.8 Å². The van der Waals surface area contributed by atoms with Gasteiger partial charge >= 0.3 is 6.01 Å². The number of ether oxygens (including phenoxy) is 2. The average molecular weight is 569 g/mol. The van der Waals surface area contributed by atoms with Crippen LogP contribution in [-0.2, 0) is 19.6 Å². The molecule has 2 atom stereocenters. The first kappa shape index (κ1) is 25.2. The van der Waals surface area contributed by atoms with E-state index in [0.29, 0.717) is 5.69 Å². The summed E-state index contributed by atoms with van der Waals surface area (Å²) in [5.41, 5.74) is 4.68. The molecule has 1 aromatic heterocycles. The second kappa shape index (κ2) is 9.13. The van der Waals surface area contributed by atoms with E-state index in [2.05, 4.69) is 39.0 Å². The van der Waals surface area contributed by atoms with Gasteiger partial charge in [-0.1, -0.05) is 48.5 Å². The molecule has 0 saturated carbocycles. The van der Waals surface area contributed by atoms with Crippen LogP contribution < -0.4 is 19.1 Å². The van der Waals surface area contributed by atoms with E-state index in [0.717, 1.165) is 22.3 Å². The Labute approximate surface area is 236 Å². The molecular weight excluding hydrogens is 544 g/mol. The van der Waals surface area contributed by atoms with E-state index in [1.807, 2.05) is 24.3 Å². The molecule has 10 nitrogen and oxygen atoms in total. The van der Waals surface area contributed by atoms with Crippen molar-refractivity contribution in [2.45, 2.75) is 16.7 Å². The minimum absolute atomic E-state index is 0.0404. The van der Waals surface area contributed by atoms with Gasteiger partial charge < -0.3 is 9.47 Å². The van der Waals surface area contributed by atoms with Crippen LogP contribution in [0.1, 0.15) is 34.1 Å². The van der Waals surface area contributed by atoms with Gasteiger partial charge in [-0.3, -0.25) is 14.3 Å². The fraction of sp³-hybridized carbons (Fsp3) is 0.200. The molecule has 4 aliphatic rings. The highest BCUT2D eigenvalue weighted by Crippen LogP contribution is 2.61. The number of nitrogens with one attached hydrogen (secondary N) is 1. The number of carbonyl (C=O) groups is 2. The molecule has 11 heteroatoms. The minimum Gasteiger partial charge on any atom is -0.481 e. The van der Waals surface area contributed by atoms with E-state index < -0.39 is 21.9 Å². The minimum atomic E-state index is -4.07. The summed E-state index contributed by atoms with van der Waals surface area (Å²) in [5, 5.41) is 0. The predicted octanol–water partition coefficient (Wildman–Crippen LogP) is 3.69. The standard InChI is InChI=1S/C30H24N4O6S/c1-39-23-15-22(31-30(32-23)40-2)33-41(37,38)17-13-11-16(12-14-17)34-28(35)26-24-18-7-3-4-8-19(18)25(27(26)29(34)36)21-10-6-5-9-20(21)24/h3-15,24-27H,1-2H3,(H,31,32,33)/t24?,25?,26-,27+. The first-order valence-corrected chi connectivity index (χ1v) is 14.5. The molecule has 0 spiro atoms. The van der Waals surface area contributed by atoms with Gasteiger partial charge in [-0.05, 0) is 46.5 Å². The Morgan fingerprint density at radius 3 is 1.71 bits per heavy atom. The van der Waals surface area contributed by atoms with E-state index in [9.17, 15) is 18.0 Å². The Hall–Kier alpha value is -4.77. The molecule has 1 fully saturated rings. The summed E-state index contributed by atoms with van der Waals surface area (Å²) in [5.74, 6) is -1.94. The van der Waals surface area contributed by atoms with Crippen molar-refractivity contribution in [2.75, 3.05) is 23.8 Å². The maximum absolute atomic E-state index is 13.9. The molecule has 2 heterocycles. The number of benzene rings is 3. The zero-order valence-electron chi connectivity index (χ0n) is 22.0. The van der Waals surface area contributed by atoms with Gasteiger partial charge in [0.15, 0.2) is 5.82 Å². The van der Waals surface area contributed by atoms with Crippen molar-refractivity contribution >= 4 is 33.3 Å². The van der Waals surface area contributed by atoms with Gasteiger partial charge in [0, 0.05) is 17.9 Å². The van der Waals surface area contributed by atoms with Crippen LogP contribution in [0.4, 0.5) is 11.5 Å². The number of imide groups is 1. The molecule has 1 aliphatic heterocycles. The lowest BCUT2D eigenvalue weighted by Gasteiger charge is -2.45. The fourth-order valence-electron chi connectivity index (χ4n) is 6.55. The third-order valence-electron chi connectivity index (χ3n) is 8.17. The molecule has 8 rings (SSSR count). The molecule has 206 valence electrons. The van der Waals surface area contributed by atoms with Gasteiger partial charge in [-0.25, -0.2) is 13.3 Å². The van der Waals surface area contributed by atoms with Gasteiger partial charge in [0.25, 0.3) is 10.0 Å².